The molecule has 0 aliphatic heterocycles. The molecule has 4 nitrogen and oxygen atoms in total. The minimum absolute atomic E-state index is 0.721. The van der Waals surface area contributed by atoms with Gasteiger partial charge in [0.05, 0.1) is 11.9 Å². The number of hydrogen-bond acceptors (Lipinski definition) is 4. The first-order valence-electron chi connectivity index (χ1n) is 11.7. The van der Waals surface area contributed by atoms with E-state index < -0.39 is 0 Å². The summed E-state index contributed by atoms with van der Waals surface area (Å²) < 4.78 is 5.73. The molecule has 1 fully saturated rings. The van der Waals surface area contributed by atoms with Crippen LogP contribution in [0.2, 0.25) is 0 Å². The second-order valence-corrected chi connectivity index (χ2v) is 8.90. The van der Waals surface area contributed by atoms with Crippen molar-refractivity contribution in [2.45, 2.75) is 25.7 Å². The zero-order valence-electron chi connectivity index (χ0n) is 19.0. The summed E-state index contributed by atoms with van der Waals surface area (Å²) in [5, 5.41) is 7.70. The lowest BCUT2D eigenvalue weighted by molar-refractivity contribution is 0.427. The van der Waals surface area contributed by atoms with Gasteiger partial charge in [0.2, 0.25) is 0 Å². The number of anilines is 2. The molecule has 0 amide bonds. The van der Waals surface area contributed by atoms with Crippen molar-refractivity contribution >= 4 is 11.4 Å². The SMILES string of the molecule is Cc1noc(-c2ccc(-c3ccc(C4CC4)cc3)cc2)c1Nc1cncc(-c2ccccc2)c1. The van der Waals surface area contributed by atoms with Crippen LogP contribution in [0.4, 0.5) is 11.4 Å². The van der Waals surface area contributed by atoms with Gasteiger partial charge in [0.25, 0.3) is 0 Å². The molecule has 0 unspecified atom stereocenters. The average molecular weight is 444 g/mol. The molecule has 6 rings (SSSR count). The number of rotatable bonds is 6. The van der Waals surface area contributed by atoms with Crippen LogP contribution in [0.25, 0.3) is 33.6 Å². The molecule has 0 radical (unpaired) electrons. The summed E-state index contributed by atoms with van der Waals surface area (Å²) in [6.45, 7) is 1.94. The molecule has 1 aliphatic carbocycles. The molecule has 1 N–H and O–H groups in total. The first kappa shape index (κ1) is 20.4. The van der Waals surface area contributed by atoms with Crippen LogP contribution in [0.1, 0.15) is 30.0 Å². The Bertz CT molecular complexity index is 1420. The molecular weight excluding hydrogens is 418 g/mol. The third-order valence-corrected chi connectivity index (χ3v) is 6.42. The van der Waals surface area contributed by atoms with E-state index in [1.54, 1.807) is 0 Å². The summed E-state index contributed by atoms with van der Waals surface area (Å²) in [7, 11) is 0. The number of aromatic nitrogens is 2. The lowest BCUT2D eigenvalue weighted by Gasteiger charge is -2.09. The number of hydrogen-bond donors (Lipinski definition) is 1. The van der Waals surface area contributed by atoms with Crippen LogP contribution in [0.3, 0.4) is 0 Å². The Hall–Kier alpha value is -4.18. The van der Waals surface area contributed by atoms with Crippen molar-refractivity contribution in [3.8, 4) is 33.6 Å². The quantitative estimate of drug-likeness (QED) is 0.289. The van der Waals surface area contributed by atoms with Crippen LogP contribution >= 0.6 is 0 Å². The van der Waals surface area contributed by atoms with E-state index in [9.17, 15) is 0 Å². The normalized spacial score (nSPS) is 13.1. The van der Waals surface area contributed by atoms with Crippen LogP contribution in [-0.2, 0) is 0 Å². The minimum atomic E-state index is 0.721. The Morgan fingerprint density at radius 2 is 1.38 bits per heavy atom. The van der Waals surface area contributed by atoms with E-state index in [1.165, 1.54) is 29.5 Å². The summed E-state index contributed by atoms with van der Waals surface area (Å²) >= 11 is 0. The van der Waals surface area contributed by atoms with Gasteiger partial charge in [0.1, 0.15) is 11.4 Å². The van der Waals surface area contributed by atoms with Crippen molar-refractivity contribution in [2.24, 2.45) is 0 Å². The van der Waals surface area contributed by atoms with Gasteiger partial charge in [-0.2, -0.15) is 0 Å². The Morgan fingerprint density at radius 3 is 2.09 bits per heavy atom. The molecule has 0 bridgehead atoms. The summed E-state index contributed by atoms with van der Waals surface area (Å²) in [6.07, 6.45) is 6.34. The van der Waals surface area contributed by atoms with E-state index in [-0.39, 0.29) is 0 Å². The lowest BCUT2D eigenvalue weighted by Crippen LogP contribution is -1.94. The molecule has 34 heavy (non-hydrogen) atoms. The number of nitrogens with one attached hydrogen (secondary N) is 1. The van der Waals surface area contributed by atoms with Crippen molar-refractivity contribution in [3.63, 3.8) is 0 Å². The summed E-state index contributed by atoms with van der Waals surface area (Å²) in [5.41, 5.74) is 9.59. The Balaban J connectivity index is 1.26. The van der Waals surface area contributed by atoms with Crippen LogP contribution < -0.4 is 5.32 Å². The highest BCUT2D eigenvalue weighted by Gasteiger charge is 2.23. The average Bonchev–Trinajstić information content (AvgIpc) is 3.69. The van der Waals surface area contributed by atoms with Crippen molar-refractivity contribution in [1.82, 2.24) is 10.1 Å². The van der Waals surface area contributed by atoms with Gasteiger partial charge in [-0.25, -0.2) is 0 Å². The largest absolute Gasteiger partial charge is 0.354 e. The van der Waals surface area contributed by atoms with Crippen molar-refractivity contribution < 1.29 is 4.52 Å². The summed E-state index contributed by atoms with van der Waals surface area (Å²) in [6, 6.07) is 29.8. The highest BCUT2D eigenvalue weighted by atomic mass is 16.5. The van der Waals surface area contributed by atoms with Gasteiger partial charge in [0.15, 0.2) is 5.76 Å². The van der Waals surface area contributed by atoms with E-state index >= 15 is 0 Å². The first-order valence-corrected chi connectivity index (χ1v) is 11.7. The van der Waals surface area contributed by atoms with Crippen LogP contribution in [0, 0.1) is 6.92 Å². The highest BCUT2D eigenvalue weighted by molar-refractivity contribution is 5.80. The van der Waals surface area contributed by atoms with Crippen LogP contribution in [-0.4, -0.2) is 10.1 Å². The van der Waals surface area contributed by atoms with E-state index in [2.05, 4.69) is 82.2 Å². The highest BCUT2D eigenvalue weighted by Crippen LogP contribution is 2.40. The number of aryl methyl sites for hydroxylation is 1. The second-order valence-electron chi connectivity index (χ2n) is 8.90. The lowest BCUT2D eigenvalue weighted by atomic mass is 10.0. The fourth-order valence-corrected chi connectivity index (χ4v) is 4.33. The van der Waals surface area contributed by atoms with Gasteiger partial charge < -0.3 is 9.84 Å². The topological polar surface area (TPSA) is 51.0 Å². The monoisotopic (exact) mass is 443 g/mol. The first-order chi connectivity index (χ1) is 16.7. The molecule has 1 aliphatic rings. The van der Waals surface area contributed by atoms with E-state index in [0.29, 0.717) is 0 Å². The Morgan fingerprint density at radius 1 is 0.735 bits per heavy atom. The van der Waals surface area contributed by atoms with Crippen LogP contribution in [0.15, 0.2) is 102 Å². The fraction of sp³-hybridized carbons (Fsp3) is 0.133. The van der Waals surface area contributed by atoms with Gasteiger partial charge in [-0.15, -0.1) is 0 Å². The zero-order valence-corrected chi connectivity index (χ0v) is 19.0. The molecule has 0 spiro atoms. The molecule has 2 heterocycles. The van der Waals surface area contributed by atoms with Crippen molar-refractivity contribution in [1.29, 1.82) is 0 Å². The number of nitrogens with zero attached hydrogens (tertiary/aromatic N) is 2. The second kappa shape index (κ2) is 8.64. The van der Waals surface area contributed by atoms with Gasteiger partial charge in [-0.1, -0.05) is 84.0 Å². The Labute approximate surface area is 199 Å². The summed E-state index contributed by atoms with van der Waals surface area (Å²) in [5.74, 6) is 1.50. The maximum absolute atomic E-state index is 5.73. The minimum Gasteiger partial charge on any atom is -0.354 e. The molecular formula is C30H25N3O. The van der Waals surface area contributed by atoms with Crippen LogP contribution in [0.5, 0.6) is 0 Å². The molecule has 3 aromatic carbocycles. The van der Waals surface area contributed by atoms with E-state index in [4.69, 9.17) is 4.52 Å². The molecule has 0 atom stereocenters. The van der Waals surface area contributed by atoms with Gasteiger partial charge in [-0.05, 0) is 54.0 Å². The predicted molar refractivity (Wildman–Crippen MR) is 137 cm³/mol. The molecule has 0 saturated heterocycles. The van der Waals surface area contributed by atoms with Gasteiger partial charge in [0, 0.05) is 17.3 Å². The van der Waals surface area contributed by atoms with Crippen molar-refractivity contribution in [3.05, 3.63) is 109 Å². The van der Waals surface area contributed by atoms with Crippen molar-refractivity contribution in [2.75, 3.05) is 5.32 Å². The molecule has 4 heteroatoms. The van der Waals surface area contributed by atoms with Gasteiger partial charge in [-0.3, -0.25) is 4.98 Å². The number of pyridine rings is 1. The fourth-order valence-electron chi connectivity index (χ4n) is 4.33. The zero-order chi connectivity index (χ0) is 22.9. The predicted octanol–water partition coefficient (Wildman–Crippen LogP) is 8.00. The third kappa shape index (κ3) is 4.11. The molecule has 166 valence electrons. The van der Waals surface area contributed by atoms with E-state index in [1.807, 2.05) is 37.5 Å². The maximum atomic E-state index is 5.73. The maximum Gasteiger partial charge on any atom is 0.190 e. The summed E-state index contributed by atoms with van der Waals surface area (Å²) in [4.78, 5) is 4.43. The van der Waals surface area contributed by atoms with Gasteiger partial charge >= 0.3 is 0 Å². The molecule has 2 aromatic heterocycles. The Kier molecular flexibility index (Phi) is 5.19. The van der Waals surface area contributed by atoms with E-state index in [0.717, 1.165) is 45.4 Å². The third-order valence-electron chi connectivity index (χ3n) is 6.42. The number of benzene rings is 3. The standard InChI is InChI=1S/C30H25N3O/c1-20-29(32-28-17-27(18-31-19-28)21-5-3-2-4-6-21)30(34-33-20)26-15-13-25(14-16-26)24-11-9-23(10-12-24)22-7-8-22/h2-6,9-19,22,32H,7-8H2,1H3. The smallest absolute Gasteiger partial charge is 0.190 e. The molecule has 5 aromatic rings. The molecule has 1 saturated carbocycles.